The van der Waals surface area contributed by atoms with E-state index in [1.165, 1.54) is 0 Å². The van der Waals surface area contributed by atoms with Crippen molar-refractivity contribution in [1.82, 2.24) is 9.78 Å². The van der Waals surface area contributed by atoms with Crippen LogP contribution >= 0.6 is 31.9 Å². The van der Waals surface area contributed by atoms with Gasteiger partial charge in [-0.1, -0.05) is 37.9 Å². The van der Waals surface area contributed by atoms with Crippen molar-refractivity contribution >= 4 is 31.9 Å². The molecule has 0 bridgehead atoms. The van der Waals surface area contributed by atoms with Crippen molar-refractivity contribution in [1.29, 1.82) is 0 Å². The molecular formula is C10H7Br2N2. The van der Waals surface area contributed by atoms with Crippen LogP contribution in [0, 0.1) is 6.20 Å². The number of aromatic nitrogens is 2. The van der Waals surface area contributed by atoms with Gasteiger partial charge in [0.2, 0.25) is 0 Å². The molecule has 1 radical (unpaired) electrons. The maximum absolute atomic E-state index is 4.03. The Kier molecular flexibility index (Phi) is 2.74. The molecule has 2 rings (SSSR count). The molecule has 0 unspecified atom stereocenters. The van der Waals surface area contributed by atoms with Gasteiger partial charge in [-0.25, -0.2) is 0 Å². The predicted molar refractivity (Wildman–Crippen MR) is 62.9 cm³/mol. The van der Waals surface area contributed by atoms with Crippen molar-refractivity contribution in [2.75, 3.05) is 0 Å². The van der Waals surface area contributed by atoms with Crippen LogP contribution in [0.1, 0.15) is 0 Å². The molecule has 2 aromatic rings. The van der Waals surface area contributed by atoms with Crippen LogP contribution in [0.15, 0.2) is 33.2 Å². The van der Waals surface area contributed by atoms with Gasteiger partial charge in [-0.05, 0) is 18.2 Å². The highest BCUT2D eigenvalue weighted by molar-refractivity contribution is 9.11. The molecular weight excluding hydrogens is 308 g/mol. The Hall–Kier alpha value is -0.610. The molecule has 0 aliphatic carbocycles. The molecule has 0 spiro atoms. The smallest absolute Gasteiger partial charge is 0.113 e. The molecule has 0 aliphatic rings. The Labute approximate surface area is 99.2 Å². The van der Waals surface area contributed by atoms with Crippen molar-refractivity contribution in [2.45, 2.75) is 0 Å². The van der Waals surface area contributed by atoms with Crippen LogP contribution in [0.2, 0.25) is 0 Å². The Balaban J connectivity index is 2.68. The zero-order valence-electron chi connectivity index (χ0n) is 7.46. The summed E-state index contributed by atoms with van der Waals surface area (Å²) in [7, 11) is 1.90. The van der Waals surface area contributed by atoms with Gasteiger partial charge in [0.05, 0.1) is 5.69 Å². The average Bonchev–Trinajstić information content (AvgIpc) is 2.52. The maximum Gasteiger partial charge on any atom is 0.113 e. The normalized spacial score (nSPS) is 10.5. The van der Waals surface area contributed by atoms with E-state index in [9.17, 15) is 0 Å². The molecule has 0 atom stereocenters. The van der Waals surface area contributed by atoms with Crippen LogP contribution in [-0.2, 0) is 7.05 Å². The third-order valence-corrected chi connectivity index (χ3v) is 3.30. The van der Waals surface area contributed by atoms with E-state index >= 15 is 0 Å². The quantitative estimate of drug-likeness (QED) is 0.788. The minimum Gasteiger partial charge on any atom is -0.267 e. The fraction of sp³-hybridized carbons (Fsp3) is 0.100. The molecule has 4 heteroatoms. The van der Waals surface area contributed by atoms with Crippen LogP contribution in [0.3, 0.4) is 0 Å². The number of nitrogens with zero attached hydrogens (tertiary/aromatic N) is 2. The highest BCUT2D eigenvalue weighted by Crippen LogP contribution is 2.34. The lowest BCUT2D eigenvalue weighted by molar-refractivity contribution is 0.773. The monoisotopic (exact) mass is 313 g/mol. The van der Waals surface area contributed by atoms with Crippen LogP contribution in [0.4, 0.5) is 0 Å². The predicted octanol–water partition coefficient (Wildman–Crippen LogP) is 3.41. The largest absolute Gasteiger partial charge is 0.267 e. The van der Waals surface area contributed by atoms with Gasteiger partial charge >= 0.3 is 0 Å². The fourth-order valence-electron chi connectivity index (χ4n) is 1.30. The lowest BCUT2D eigenvalue weighted by Crippen LogP contribution is -1.94. The standard InChI is InChI=1S/C10H7Br2N2/c1-14-9(5-6-13-14)10-7(11)3-2-4-8(10)12/h2-5H,1H3. The van der Waals surface area contributed by atoms with Crippen LogP contribution < -0.4 is 0 Å². The lowest BCUT2D eigenvalue weighted by Gasteiger charge is -2.06. The number of halogens is 2. The number of hydrogen-bond donors (Lipinski definition) is 0. The second-order valence-electron chi connectivity index (χ2n) is 2.88. The van der Waals surface area contributed by atoms with E-state index in [2.05, 4.69) is 43.2 Å². The summed E-state index contributed by atoms with van der Waals surface area (Å²) < 4.78 is 3.89. The molecule has 14 heavy (non-hydrogen) atoms. The van der Waals surface area contributed by atoms with Crippen molar-refractivity contribution in [3.05, 3.63) is 39.4 Å². The molecule has 0 N–H and O–H groups in total. The van der Waals surface area contributed by atoms with Gasteiger partial charge in [0.25, 0.3) is 0 Å². The van der Waals surface area contributed by atoms with Gasteiger partial charge in [0.1, 0.15) is 6.20 Å². The summed E-state index contributed by atoms with van der Waals surface area (Å²) >= 11 is 7.04. The first-order chi connectivity index (χ1) is 6.70. The molecule has 0 saturated carbocycles. The van der Waals surface area contributed by atoms with Crippen molar-refractivity contribution < 1.29 is 0 Å². The summed E-state index contributed by atoms with van der Waals surface area (Å²) in [6.07, 6.45) is 2.82. The van der Waals surface area contributed by atoms with E-state index in [1.807, 2.05) is 31.3 Å². The van der Waals surface area contributed by atoms with Crippen LogP contribution in [-0.4, -0.2) is 9.78 Å². The van der Waals surface area contributed by atoms with Gasteiger partial charge in [-0.2, -0.15) is 5.10 Å². The third kappa shape index (κ3) is 1.64. The summed E-state index contributed by atoms with van der Waals surface area (Å²) in [5.74, 6) is 0. The Morgan fingerprint density at radius 2 is 1.93 bits per heavy atom. The second-order valence-corrected chi connectivity index (χ2v) is 4.59. The van der Waals surface area contributed by atoms with Crippen molar-refractivity contribution in [2.24, 2.45) is 7.05 Å². The first kappa shape index (κ1) is 9.93. The lowest BCUT2D eigenvalue weighted by atomic mass is 10.1. The maximum atomic E-state index is 4.03. The van der Waals surface area contributed by atoms with E-state index in [4.69, 9.17) is 0 Å². The number of hydrogen-bond acceptors (Lipinski definition) is 1. The van der Waals surface area contributed by atoms with E-state index in [1.54, 1.807) is 4.68 Å². The third-order valence-electron chi connectivity index (χ3n) is 1.98. The fourth-order valence-corrected chi connectivity index (χ4v) is 2.71. The summed E-state index contributed by atoms with van der Waals surface area (Å²) in [5, 5.41) is 4.03. The van der Waals surface area contributed by atoms with Gasteiger partial charge in [0.15, 0.2) is 0 Å². The molecule has 0 amide bonds. The first-order valence-corrected chi connectivity index (χ1v) is 5.63. The van der Waals surface area contributed by atoms with E-state index in [0.717, 1.165) is 20.2 Å². The first-order valence-electron chi connectivity index (χ1n) is 4.04. The molecule has 0 fully saturated rings. The van der Waals surface area contributed by atoms with E-state index in [-0.39, 0.29) is 0 Å². The minimum absolute atomic E-state index is 1.03. The zero-order valence-corrected chi connectivity index (χ0v) is 10.6. The molecule has 1 aromatic carbocycles. The van der Waals surface area contributed by atoms with Gasteiger partial charge in [0, 0.05) is 21.6 Å². The summed E-state index contributed by atoms with van der Waals surface area (Å²) in [6, 6.07) is 7.86. The molecule has 0 aliphatic heterocycles. The molecule has 1 aromatic heterocycles. The number of rotatable bonds is 1. The SMILES string of the molecule is Cn1n[c]cc1-c1c(Br)cccc1Br. The Morgan fingerprint density at radius 3 is 2.43 bits per heavy atom. The summed E-state index contributed by atoms with van der Waals surface area (Å²) in [6.45, 7) is 0. The Morgan fingerprint density at radius 1 is 1.29 bits per heavy atom. The van der Waals surface area contributed by atoms with E-state index < -0.39 is 0 Å². The number of aryl methyl sites for hydroxylation is 1. The van der Waals surface area contributed by atoms with Crippen LogP contribution in [0.5, 0.6) is 0 Å². The molecule has 1 heterocycles. The highest BCUT2D eigenvalue weighted by atomic mass is 79.9. The molecule has 0 saturated heterocycles. The Bertz CT molecular complexity index is 443. The average molecular weight is 315 g/mol. The van der Waals surface area contributed by atoms with Gasteiger partial charge < -0.3 is 0 Å². The zero-order chi connectivity index (χ0) is 10.1. The van der Waals surface area contributed by atoms with Gasteiger partial charge in [-0.3, -0.25) is 4.68 Å². The highest BCUT2D eigenvalue weighted by Gasteiger charge is 2.10. The van der Waals surface area contributed by atoms with Crippen molar-refractivity contribution in [3.8, 4) is 11.3 Å². The topological polar surface area (TPSA) is 17.8 Å². The van der Waals surface area contributed by atoms with E-state index in [0.29, 0.717) is 0 Å². The molecule has 2 nitrogen and oxygen atoms in total. The van der Waals surface area contributed by atoms with Crippen LogP contribution in [0.25, 0.3) is 11.3 Å². The van der Waals surface area contributed by atoms with Crippen molar-refractivity contribution in [3.63, 3.8) is 0 Å². The molecule has 71 valence electrons. The minimum atomic E-state index is 1.03. The van der Waals surface area contributed by atoms with Gasteiger partial charge in [-0.15, -0.1) is 0 Å². The number of benzene rings is 1. The summed E-state index contributed by atoms with van der Waals surface area (Å²) in [4.78, 5) is 0. The summed E-state index contributed by atoms with van der Waals surface area (Å²) in [5.41, 5.74) is 2.13. The second kappa shape index (κ2) is 3.87.